The summed E-state index contributed by atoms with van der Waals surface area (Å²) in [6.45, 7) is 4.28. The molecule has 0 atom stereocenters. The third-order valence-electron chi connectivity index (χ3n) is 5.97. The number of nitrogens with one attached hydrogen (secondary N) is 1. The Labute approximate surface area is 161 Å². The largest absolute Gasteiger partial charge is 0.408 e. The monoisotopic (exact) mass is 381 g/mol. The van der Waals surface area contributed by atoms with Gasteiger partial charge in [-0.3, -0.25) is 0 Å². The molecule has 2 aliphatic carbocycles. The Kier molecular flexibility index (Phi) is 4.53. The van der Waals surface area contributed by atoms with Gasteiger partial charge in [-0.05, 0) is 99.6 Å². The lowest BCUT2D eigenvalue weighted by molar-refractivity contribution is 0.636. The molecule has 3 nitrogen and oxygen atoms in total. The van der Waals surface area contributed by atoms with E-state index in [9.17, 15) is 0 Å². The summed E-state index contributed by atoms with van der Waals surface area (Å²) in [4.78, 5) is 0. The van der Waals surface area contributed by atoms with Gasteiger partial charge in [-0.1, -0.05) is 12.1 Å². The van der Waals surface area contributed by atoms with E-state index in [4.69, 9.17) is 8.39 Å². The van der Waals surface area contributed by atoms with Gasteiger partial charge in [0.25, 0.3) is 0 Å². The fraction of sp³-hybridized carbons (Fsp3) is 0.478. The van der Waals surface area contributed by atoms with Crippen LogP contribution in [0.5, 0.6) is 0 Å². The first-order valence-electron chi connectivity index (χ1n) is 10.4. The summed E-state index contributed by atoms with van der Waals surface area (Å²) in [6.07, 6.45) is 9.82. The lowest BCUT2D eigenvalue weighted by Crippen LogP contribution is -2.05. The molecule has 0 bridgehead atoms. The van der Waals surface area contributed by atoms with Gasteiger partial charge >= 0.3 is 8.16 Å². The quantitative estimate of drug-likeness (QED) is 0.519. The third-order valence-corrected chi connectivity index (χ3v) is 7.42. The van der Waals surface area contributed by atoms with Crippen LogP contribution in [-0.2, 0) is 25.7 Å². The van der Waals surface area contributed by atoms with Crippen LogP contribution in [-0.4, -0.2) is 6.04 Å². The Bertz CT molecular complexity index is 973. The average Bonchev–Trinajstić information content (AvgIpc) is 2.83. The molecule has 0 radical (unpaired) electrons. The van der Waals surface area contributed by atoms with E-state index in [0.29, 0.717) is 6.04 Å². The Morgan fingerprint density at radius 2 is 1.22 bits per heavy atom. The zero-order chi connectivity index (χ0) is 18.4. The van der Waals surface area contributed by atoms with E-state index >= 15 is 0 Å². The van der Waals surface area contributed by atoms with Gasteiger partial charge in [0.05, 0.1) is 0 Å². The number of aryl methyl sites for hydroxylation is 4. The molecule has 1 aromatic heterocycles. The molecule has 0 saturated heterocycles. The Balaban J connectivity index is 1.94. The van der Waals surface area contributed by atoms with E-state index in [0.717, 1.165) is 24.0 Å². The summed E-state index contributed by atoms with van der Waals surface area (Å²) in [6, 6.07) is 9.28. The van der Waals surface area contributed by atoms with Gasteiger partial charge in [0.15, 0.2) is 0 Å². The summed E-state index contributed by atoms with van der Waals surface area (Å²) in [7, 11) is -1.19. The van der Waals surface area contributed by atoms with E-state index in [-0.39, 0.29) is 0 Å². The number of benzene rings is 2. The van der Waals surface area contributed by atoms with Crippen molar-refractivity contribution >= 4 is 30.1 Å². The van der Waals surface area contributed by atoms with Gasteiger partial charge in [0.1, 0.15) is 11.2 Å². The Morgan fingerprint density at radius 3 is 1.70 bits per heavy atom. The van der Waals surface area contributed by atoms with Gasteiger partial charge in [0.2, 0.25) is 0 Å². The van der Waals surface area contributed by atoms with Crippen LogP contribution in [0.15, 0.2) is 32.7 Å². The van der Waals surface area contributed by atoms with E-state index < -0.39 is 8.16 Å². The van der Waals surface area contributed by atoms with E-state index in [1.807, 2.05) is 0 Å². The molecule has 5 rings (SSSR count). The summed E-state index contributed by atoms with van der Waals surface area (Å²) >= 11 is 0. The van der Waals surface area contributed by atoms with Gasteiger partial charge in [-0.25, -0.2) is 5.09 Å². The molecular formula is C23H28NO2P. The summed E-state index contributed by atoms with van der Waals surface area (Å²) in [5.41, 5.74) is 8.03. The van der Waals surface area contributed by atoms with Crippen LogP contribution in [0.2, 0.25) is 0 Å². The van der Waals surface area contributed by atoms with E-state index in [1.54, 1.807) is 0 Å². The van der Waals surface area contributed by atoms with Crippen LogP contribution in [0, 0.1) is 0 Å². The minimum Gasteiger partial charge on any atom is -0.408 e. The molecule has 0 fully saturated rings. The van der Waals surface area contributed by atoms with Crippen molar-refractivity contribution in [3.05, 3.63) is 46.5 Å². The predicted molar refractivity (Wildman–Crippen MR) is 114 cm³/mol. The maximum absolute atomic E-state index is 6.44. The lowest BCUT2D eigenvalue weighted by atomic mass is 9.84. The molecule has 2 aliphatic rings. The van der Waals surface area contributed by atoms with Gasteiger partial charge in [-0.15, -0.1) is 0 Å². The molecule has 0 spiro atoms. The highest BCUT2D eigenvalue weighted by atomic mass is 31.1. The van der Waals surface area contributed by atoms with Gasteiger partial charge in [-0.2, -0.15) is 0 Å². The van der Waals surface area contributed by atoms with E-state index in [1.165, 1.54) is 71.6 Å². The third kappa shape index (κ3) is 3.11. The molecule has 0 amide bonds. The van der Waals surface area contributed by atoms with Crippen LogP contribution in [0.1, 0.15) is 61.8 Å². The highest BCUT2D eigenvalue weighted by Gasteiger charge is 2.21. The molecule has 0 aliphatic heterocycles. The fourth-order valence-corrected chi connectivity index (χ4v) is 6.00. The molecule has 27 heavy (non-hydrogen) atoms. The lowest BCUT2D eigenvalue weighted by Gasteiger charge is -2.20. The molecule has 1 N–H and O–H groups in total. The van der Waals surface area contributed by atoms with Crippen molar-refractivity contribution in [1.82, 2.24) is 0 Å². The standard InChI is InChI=1S/C23H28NO2P/c1-15(2)24-27-25-20-13-11-16-7-3-5-9-18(16)22(20)23-19-10-6-4-8-17(19)12-14-21(23)26-27/h11-15,24H,3-10H2,1-2H3. The van der Waals surface area contributed by atoms with Crippen LogP contribution >= 0.6 is 8.16 Å². The van der Waals surface area contributed by atoms with Crippen LogP contribution in [0.25, 0.3) is 21.9 Å². The number of fused-ring (bicyclic) bond motifs is 7. The fourth-order valence-electron chi connectivity index (χ4n) is 4.77. The summed E-state index contributed by atoms with van der Waals surface area (Å²) < 4.78 is 12.9. The normalized spacial score (nSPS) is 16.6. The zero-order valence-corrected chi connectivity index (χ0v) is 17.2. The maximum Gasteiger partial charge on any atom is 0.307 e. The SMILES string of the molecule is CC(C)Np1oc2ccc3c(c2c2c4c(ccc2o1)CCCC4)CCCC3. The van der Waals surface area contributed by atoms with E-state index in [2.05, 4.69) is 43.2 Å². The number of hydrogen-bond acceptors (Lipinski definition) is 3. The van der Waals surface area contributed by atoms with Crippen LogP contribution < -0.4 is 5.09 Å². The minimum absolute atomic E-state index is 0.316. The van der Waals surface area contributed by atoms with Crippen molar-refractivity contribution in [2.24, 2.45) is 0 Å². The Hall–Kier alpha value is -1.70. The second kappa shape index (κ2) is 7.04. The molecule has 142 valence electrons. The second-order valence-corrected chi connectivity index (χ2v) is 9.43. The molecule has 4 heteroatoms. The van der Waals surface area contributed by atoms with Crippen molar-refractivity contribution in [3.8, 4) is 0 Å². The van der Waals surface area contributed by atoms with Crippen molar-refractivity contribution in [2.45, 2.75) is 71.3 Å². The molecule has 1 heterocycles. The Morgan fingerprint density at radius 1 is 0.741 bits per heavy atom. The van der Waals surface area contributed by atoms with Crippen molar-refractivity contribution in [3.63, 3.8) is 0 Å². The molecule has 2 aromatic carbocycles. The first-order valence-corrected chi connectivity index (χ1v) is 11.6. The van der Waals surface area contributed by atoms with Crippen LogP contribution in [0.3, 0.4) is 0 Å². The molecule has 3 aromatic rings. The van der Waals surface area contributed by atoms with Crippen molar-refractivity contribution in [1.29, 1.82) is 0 Å². The maximum atomic E-state index is 6.44. The van der Waals surface area contributed by atoms with Gasteiger partial charge in [0, 0.05) is 16.8 Å². The highest BCUT2D eigenvalue weighted by molar-refractivity contribution is 7.38. The van der Waals surface area contributed by atoms with Crippen LogP contribution in [0.4, 0.5) is 0 Å². The van der Waals surface area contributed by atoms with Gasteiger partial charge < -0.3 is 8.39 Å². The summed E-state index contributed by atoms with van der Waals surface area (Å²) in [5.74, 6) is 0. The zero-order valence-electron chi connectivity index (χ0n) is 16.3. The smallest absolute Gasteiger partial charge is 0.307 e. The predicted octanol–water partition coefficient (Wildman–Crippen LogP) is 7.00. The molecule has 0 unspecified atom stereocenters. The second-order valence-electron chi connectivity index (χ2n) is 8.29. The topological polar surface area (TPSA) is 38.3 Å². The summed E-state index contributed by atoms with van der Waals surface area (Å²) in [5, 5.41) is 6.14. The molecular weight excluding hydrogens is 353 g/mol. The van der Waals surface area contributed by atoms with Crippen molar-refractivity contribution in [2.75, 3.05) is 5.09 Å². The molecule has 0 saturated carbocycles. The number of hydrogen-bond donors (Lipinski definition) is 1. The van der Waals surface area contributed by atoms with Crippen molar-refractivity contribution < 1.29 is 8.39 Å². The number of rotatable bonds is 2. The highest BCUT2D eigenvalue weighted by Crippen LogP contribution is 2.41. The first kappa shape index (κ1) is 17.4. The average molecular weight is 381 g/mol. The first-order chi connectivity index (χ1) is 13.2. The minimum atomic E-state index is -1.19.